The molecule has 0 fully saturated rings. The van der Waals surface area contributed by atoms with Crippen LogP contribution >= 0.6 is 0 Å². The SMILES string of the molecule is CCOC(=O)C1=C(CN(C)Cc2ccc(OC)cc2OC)NC(=O)NC1. The number of carbonyl (C=O) groups excluding carboxylic acids is 2. The molecule has 1 aromatic carbocycles. The van der Waals surface area contributed by atoms with Crippen LogP contribution in [0.4, 0.5) is 4.79 Å². The lowest BCUT2D eigenvalue weighted by Gasteiger charge is -2.25. The quantitative estimate of drug-likeness (QED) is 0.676. The second-order valence-corrected chi connectivity index (χ2v) is 5.84. The van der Waals surface area contributed by atoms with E-state index in [4.69, 9.17) is 14.2 Å². The van der Waals surface area contributed by atoms with Gasteiger partial charge in [-0.25, -0.2) is 9.59 Å². The second-order valence-electron chi connectivity index (χ2n) is 5.84. The fourth-order valence-electron chi connectivity index (χ4n) is 2.68. The molecule has 0 radical (unpaired) electrons. The summed E-state index contributed by atoms with van der Waals surface area (Å²) in [5.41, 5.74) is 1.94. The predicted molar refractivity (Wildman–Crippen MR) is 96.1 cm³/mol. The maximum Gasteiger partial charge on any atom is 0.337 e. The fraction of sp³-hybridized carbons (Fsp3) is 0.444. The van der Waals surface area contributed by atoms with E-state index in [1.54, 1.807) is 21.1 Å². The van der Waals surface area contributed by atoms with Crippen molar-refractivity contribution >= 4 is 12.0 Å². The van der Waals surface area contributed by atoms with Gasteiger partial charge in [-0.3, -0.25) is 4.90 Å². The van der Waals surface area contributed by atoms with Crippen LogP contribution in [0.1, 0.15) is 12.5 Å². The molecule has 1 aromatic rings. The third kappa shape index (κ3) is 4.89. The molecule has 2 rings (SSSR count). The molecule has 0 saturated heterocycles. The largest absolute Gasteiger partial charge is 0.497 e. The molecule has 2 N–H and O–H groups in total. The Labute approximate surface area is 153 Å². The van der Waals surface area contributed by atoms with Crippen molar-refractivity contribution in [2.24, 2.45) is 0 Å². The van der Waals surface area contributed by atoms with E-state index >= 15 is 0 Å². The number of nitrogens with one attached hydrogen (secondary N) is 2. The van der Waals surface area contributed by atoms with Crippen molar-refractivity contribution in [3.05, 3.63) is 35.0 Å². The Morgan fingerprint density at radius 2 is 2.00 bits per heavy atom. The molecule has 0 aromatic heterocycles. The van der Waals surface area contributed by atoms with Crippen LogP contribution in [0.2, 0.25) is 0 Å². The maximum atomic E-state index is 12.1. The summed E-state index contributed by atoms with van der Waals surface area (Å²) in [6.45, 7) is 3.13. The van der Waals surface area contributed by atoms with Crippen molar-refractivity contribution < 1.29 is 23.8 Å². The Balaban J connectivity index is 2.15. The van der Waals surface area contributed by atoms with Crippen LogP contribution in [-0.2, 0) is 16.1 Å². The highest BCUT2D eigenvalue weighted by Crippen LogP contribution is 2.25. The molecule has 0 atom stereocenters. The smallest absolute Gasteiger partial charge is 0.337 e. The molecule has 0 spiro atoms. The number of hydrogen-bond acceptors (Lipinski definition) is 6. The van der Waals surface area contributed by atoms with Gasteiger partial charge in [-0.1, -0.05) is 6.07 Å². The number of likely N-dealkylation sites (N-methyl/N-ethyl adjacent to an activating group) is 1. The van der Waals surface area contributed by atoms with Crippen LogP contribution in [0.15, 0.2) is 29.5 Å². The monoisotopic (exact) mass is 363 g/mol. The number of urea groups is 1. The van der Waals surface area contributed by atoms with E-state index in [-0.39, 0.29) is 19.2 Å². The minimum atomic E-state index is -0.426. The first-order valence-corrected chi connectivity index (χ1v) is 8.31. The molecule has 142 valence electrons. The van der Waals surface area contributed by atoms with Gasteiger partial charge in [0.05, 0.1) is 32.9 Å². The number of amides is 2. The number of ether oxygens (including phenoxy) is 3. The molecule has 2 amide bonds. The summed E-state index contributed by atoms with van der Waals surface area (Å²) in [5.74, 6) is 1.00. The molecule has 1 heterocycles. The first kappa shape index (κ1) is 19.6. The molecular weight excluding hydrogens is 338 g/mol. The zero-order chi connectivity index (χ0) is 19.1. The van der Waals surface area contributed by atoms with Gasteiger partial charge in [0, 0.05) is 30.4 Å². The van der Waals surface area contributed by atoms with Gasteiger partial charge in [0.2, 0.25) is 0 Å². The first-order chi connectivity index (χ1) is 12.5. The van der Waals surface area contributed by atoms with E-state index in [0.29, 0.717) is 35.9 Å². The zero-order valence-electron chi connectivity index (χ0n) is 15.5. The topological polar surface area (TPSA) is 89.1 Å². The van der Waals surface area contributed by atoms with Gasteiger partial charge < -0.3 is 24.8 Å². The lowest BCUT2D eigenvalue weighted by atomic mass is 10.1. The van der Waals surface area contributed by atoms with E-state index < -0.39 is 5.97 Å². The van der Waals surface area contributed by atoms with Crippen molar-refractivity contribution in [2.45, 2.75) is 13.5 Å². The van der Waals surface area contributed by atoms with Gasteiger partial charge in [0.1, 0.15) is 11.5 Å². The van der Waals surface area contributed by atoms with E-state index in [1.807, 2.05) is 30.1 Å². The summed E-state index contributed by atoms with van der Waals surface area (Å²) in [5, 5.41) is 5.30. The Morgan fingerprint density at radius 3 is 2.65 bits per heavy atom. The van der Waals surface area contributed by atoms with Crippen LogP contribution < -0.4 is 20.1 Å². The molecule has 1 aliphatic rings. The highest BCUT2D eigenvalue weighted by molar-refractivity contribution is 5.93. The van der Waals surface area contributed by atoms with Gasteiger partial charge in [-0.15, -0.1) is 0 Å². The number of methoxy groups -OCH3 is 2. The van der Waals surface area contributed by atoms with E-state index in [9.17, 15) is 9.59 Å². The molecule has 8 nitrogen and oxygen atoms in total. The Kier molecular flexibility index (Phi) is 6.85. The lowest BCUT2D eigenvalue weighted by Crippen LogP contribution is -2.46. The molecule has 0 saturated carbocycles. The van der Waals surface area contributed by atoms with Crippen molar-refractivity contribution in [3.63, 3.8) is 0 Å². The van der Waals surface area contributed by atoms with Gasteiger partial charge in [0.15, 0.2) is 0 Å². The average Bonchev–Trinajstić information content (AvgIpc) is 2.62. The Bertz CT molecular complexity index is 702. The standard InChI is InChI=1S/C18H25N3O5/c1-5-26-17(22)14-9-19-18(23)20-15(14)11-21(2)10-12-6-7-13(24-3)8-16(12)25-4/h6-8H,5,9-11H2,1-4H3,(H2,19,20,23). The highest BCUT2D eigenvalue weighted by Gasteiger charge is 2.24. The van der Waals surface area contributed by atoms with Crippen molar-refractivity contribution in [1.82, 2.24) is 15.5 Å². The number of carbonyl (C=O) groups is 2. The van der Waals surface area contributed by atoms with Crippen molar-refractivity contribution in [3.8, 4) is 11.5 Å². The summed E-state index contributed by atoms with van der Waals surface area (Å²) >= 11 is 0. The Morgan fingerprint density at radius 1 is 1.23 bits per heavy atom. The molecular formula is C18H25N3O5. The molecule has 0 aliphatic carbocycles. The fourth-order valence-corrected chi connectivity index (χ4v) is 2.68. The minimum Gasteiger partial charge on any atom is -0.497 e. The minimum absolute atomic E-state index is 0.152. The van der Waals surface area contributed by atoms with E-state index in [1.165, 1.54) is 0 Å². The molecule has 0 unspecified atom stereocenters. The van der Waals surface area contributed by atoms with Crippen LogP contribution in [0.25, 0.3) is 0 Å². The molecule has 0 bridgehead atoms. The number of hydrogen-bond donors (Lipinski definition) is 2. The summed E-state index contributed by atoms with van der Waals surface area (Å²) < 4.78 is 15.7. The van der Waals surface area contributed by atoms with Crippen LogP contribution in [0.5, 0.6) is 11.5 Å². The number of benzene rings is 1. The predicted octanol–water partition coefficient (Wildman–Crippen LogP) is 1.27. The Hall–Kier alpha value is -2.74. The number of esters is 1. The maximum absolute atomic E-state index is 12.1. The zero-order valence-corrected chi connectivity index (χ0v) is 15.5. The van der Waals surface area contributed by atoms with E-state index in [0.717, 1.165) is 5.56 Å². The average molecular weight is 363 g/mol. The summed E-state index contributed by atoms with van der Waals surface area (Å²) in [4.78, 5) is 25.7. The number of nitrogens with zero attached hydrogens (tertiary/aromatic N) is 1. The molecule has 26 heavy (non-hydrogen) atoms. The van der Waals surface area contributed by atoms with Crippen molar-refractivity contribution in [1.29, 1.82) is 0 Å². The first-order valence-electron chi connectivity index (χ1n) is 8.31. The third-order valence-corrected chi connectivity index (χ3v) is 3.94. The van der Waals surface area contributed by atoms with Crippen LogP contribution in [0, 0.1) is 0 Å². The lowest BCUT2D eigenvalue weighted by molar-refractivity contribution is -0.138. The highest BCUT2D eigenvalue weighted by atomic mass is 16.5. The van der Waals surface area contributed by atoms with Crippen molar-refractivity contribution in [2.75, 3.05) is 41.0 Å². The van der Waals surface area contributed by atoms with Crippen LogP contribution in [-0.4, -0.2) is 57.9 Å². The third-order valence-electron chi connectivity index (χ3n) is 3.94. The molecule has 8 heteroatoms. The van der Waals surface area contributed by atoms with Crippen LogP contribution in [0.3, 0.4) is 0 Å². The molecule has 1 aliphatic heterocycles. The normalized spacial score (nSPS) is 14.0. The number of rotatable bonds is 8. The second kappa shape index (κ2) is 9.10. The van der Waals surface area contributed by atoms with Gasteiger partial charge in [-0.2, -0.15) is 0 Å². The summed E-state index contributed by atoms with van der Waals surface area (Å²) in [6.07, 6.45) is 0. The van der Waals surface area contributed by atoms with Gasteiger partial charge in [0.25, 0.3) is 0 Å². The van der Waals surface area contributed by atoms with Gasteiger partial charge in [-0.05, 0) is 20.0 Å². The summed E-state index contributed by atoms with van der Waals surface area (Å²) in [6, 6.07) is 5.28. The van der Waals surface area contributed by atoms with Gasteiger partial charge >= 0.3 is 12.0 Å². The summed E-state index contributed by atoms with van der Waals surface area (Å²) in [7, 11) is 5.10. The van der Waals surface area contributed by atoms with E-state index in [2.05, 4.69) is 10.6 Å².